The predicted octanol–water partition coefficient (Wildman–Crippen LogP) is 12.0. The average molecular weight is 667 g/mol. The molecule has 0 aliphatic heterocycles. The fraction of sp³-hybridized carbons (Fsp3) is 0. The molecule has 234 valence electrons. The second kappa shape index (κ2) is 11.6. The van der Waals surface area contributed by atoms with Crippen molar-refractivity contribution in [3.05, 3.63) is 170 Å². The first-order valence-corrected chi connectivity index (χ1v) is 16.7. The number of hydrogen-bond donors (Lipinski definition) is 0. The third kappa shape index (κ3) is 4.71. The first-order valence-electron chi connectivity index (χ1n) is 20.9. The molecular formula is C45H28N4S. The Kier molecular flexibility index (Phi) is 4.69. The molecule has 10 aromatic rings. The van der Waals surface area contributed by atoms with Crippen LogP contribution >= 0.6 is 11.3 Å². The van der Waals surface area contributed by atoms with Gasteiger partial charge in [-0.1, -0.05) is 145 Å². The summed E-state index contributed by atoms with van der Waals surface area (Å²) >= 11 is 1.05. The molecule has 7 aromatic carbocycles. The third-order valence-electron chi connectivity index (χ3n) is 8.74. The van der Waals surface area contributed by atoms with Gasteiger partial charge in [-0.15, -0.1) is 11.3 Å². The molecule has 5 heteroatoms. The molecule has 50 heavy (non-hydrogen) atoms. The molecule has 3 aromatic heterocycles. The smallest absolute Gasteiger partial charge is 0.164 e. The maximum absolute atomic E-state index is 9.29. The van der Waals surface area contributed by atoms with Gasteiger partial charge in [0.15, 0.2) is 17.5 Å². The Bertz CT molecular complexity index is 3370. The van der Waals surface area contributed by atoms with Crippen molar-refractivity contribution in [2.45, 2.75) is 0 Å². The van der Waals surface area contributed by atoms with Gasteiger partial charge in [0.1, 0.15) is 0 Å². The molecule has 0 saturated heterocycles. The summed E-state index contributed by atoms with van der Waals surface area (Å²) in [4.78, 5) is 14.5. The van der Waals surface area contributed by atoms with E-state index in [1.54, 1.807) is 10.6 Å². The summed E-state index contributed by atoms with van der Waals surface area (Å²) in [6, 6.07) is 30.9. The van der Waals surface area contributed by atoms with Gasteiger partial charge >= 0.3 is 0 Å². The van der Waals surface area contributed by atoms with Crippen molar-refractivity contribution in [3.63, 3.8) is 0 Å². The lowest BCUT2D eigenvalue weighted by Gasteiger charge is -2.12. The van der Waals surface area contributed by atoms with E-state index in [9.17, 15) is 1.37 Å². The van der Waals surface area contributed by atoms with Crippen molar-refractivity contribution in [2.75, 3.05) is 0 Å². The van der Waals surface area contributed by atoms with Crippen LogP contribution in [0, 0.1) is 0 Å². The van der Waals surface area contributed by atoms with Gasteiger partial charge in [0.05, 0.1) is 29.4 Å². The number of aromatic nitrogens is 4. The lowest BCUT2D eigenvalue weighted by Crippen LogP contribution is -2.00. The zero-order chi connectivity index (χ0) is 41.7. The third-order valence-corrected chi connectivity index (χ3v) is 9.86. The Hall–Kier alpha value is -6.43. The van der Waals surface area contributed by atoms with Gasteiger partial charge in [-0.3, -0.25) is 0 Å². The number of fused-ring (bicyclic) bond motifs is 7. The van der Waals surface area contributed by atoms with E-state index in [4.69, 9.17) is 27.3 Å². The minimum atomic E-state index is -0.479. The predicted molar refractivity (Wildman–Crippen MR) is 209 cm³/mol. The Morgan fingerprint density at radius 3 is 1.72 bits per heavy atom. The van der Waals surface area contributed by atoms with Crippen LogP contribution in [-0.4, -0.2) is 19.5 Å². The van der Waals surface area contributed by atoms with Crippen LogP contribution in [-0.2, 0) is 0 Å². The van der Waals surface area contributed by atoms with Crippen LogP contribution < -0.4 is 0 Å². The molecule has 4 nitrogen and oxygen atoms in total. The topological polar surface area (TPSA) is 43.6 Å². The number of nitrogens with zero attached hydrogens (tertiary/aromatic N) is 4. The molecule has 0 bridgehead atoms. The lowest BCUT2D eigenvalue weighted by atomic mass is 10.0. The molecule has 0 aliphatic carbocycles. The van der Waals surface area contributed by atoms with Crippen molar-refractivity contribution in [1.82, 2.24) is 19.5 Å². The summed E-state index contributed by atoms with van der Waals surface area (Å²) in [5, 5.41) is 0.490. The highest BCUT2D eigenvalue weighted by molar-refractivity contribution is 7.26. The van der Waals surface area contributed by atoms with Crippen molar-refractivity contribution in [1.29, 1.82) is 0 Å². The quantitative estimate of drug-likeness (QED) is 0.184. The van der Waals surface area contributed by atoms with Gasteiger partial charge in [-0.2, -0.15) is 0 Å². The van der Waals surface area contributed by atoms with Gasteiger partial charge in [-0.25, -0.2) is 15.0 Å². The Morgan fingerprint density at radius 1 is 0.460 bits per heavy atom. The highest BCUT2D eigenvalue weighted by Crippen LogP contribution is 2.43. The minimum absolute atomic E-state index is 0.0743. The number of hydrogen-bond acceptors (Lipinski definition) is 4. The summed E-state index contributed by atoms with van der Waals surface area (Å²) in [5.41, 5.74) is 5.01. The van der Waals surface area contributed by atoms with E-state index in [1.807, 2.05) is 103 Å². The van der Waals surface area contributed by atoms with Gasteiger partial charge < -0.3 is 4.57 Å². The van der Waals surface area contributed by atoms with E-state index in [0.29, 0.717) is 33.4 Å². The van der Waals surface area contributed by atoms with E-state index in [0.717, 1.165) is 39.2 Å². The van der Waals surface area contributed by atoms with Gasteiger partial charge in [-0.05, 0) is 35.3 Å². The van der Waals surface area contributed by atoms with E-state index >= 15 is 0 Å². The van der Waals surface area contributed by atoms with Gasteiger partial charge in [0.2, 0.25) is 0 Å². The van der Waals surface area contributed by atoms with Crippen molar-refractivity contribution >= 4 is 53.3 Å². The van der Waals surface area contributed by atoms with Crippen LogP contribution in [0.5, 0.6) is 0 Å². The fourth-order valence-electron chi connectivity index (χ4n) is 6.40. The van der Waals surface area contributed by atoms with Crippen molar-refractivity contribution in [3.8, 4) is 51.0 Å². The molecule has 0 atom stereocenters. The number of para-hydroxylation sites is 1. The molecule has 3 heterocycles. The van der Waals surface area contributed by atoms with Crippen LogP contribution in [0.25, 0.3) is 93.0 Å². The maximum Gasteiger partial charge on any atom is 0.164 e. The molecule has 0 saturated carbocycles. The average Bonchev–Trinajstić information content (AvgIpc) is 3.87. The van der Waals surface area contributed by atoms with Gasteiger partial charge in [0, 0.05) is 48.6 Å². The molecule has 0 N–H and O–H groups in total. The summed E-state index contributed by atoms with van der Waals surface area (Å²) in [5.74, 6) is 1.58. The molecule has 0 fully saturated rings. The first kappa shape index (κ1) is 20.2. The summed E-state index contributed by atoms with van der Waals surface area (Å²) in [7, 11) is 0. The normalized spacial score (nSPS) is 14.4. The fourth-order valence-corrected chi connectivity index (χ4v) is 7.50. The van der Waals surface area contributed by atoms with E-state index < -0.39 is 24.2 Å². The molecule has 0 amide bonds. The number of benzene rings is 7. The van der Waals surface area contributed by atoms with Crippen molar-refractivity contribution in [2.24, 2.45) is 0 Å². The zero-order valence-corrected chi connectivity index (χ0v) is 26.9. The summed E-state index contributed by atoms with van der Waals surface area (Å²) in [6.07, 6.45) is 0. The molecule has 0 radical (unpaired) electrons. The molecule has 0 unspecified atom stereocenters. The van der Waals surface area contributed by atoms with Crippen LogP contribution in [0.3, 0.4) is 0 Å². The minimum Gasteiger partial charge on any atom is -0.308 e. The molecule has 10 rings (SSSR count). The van der Waals surface area contributed by atoms with Crippen LogP contribution in [0.4, 0.5) is 0 Å². The standard InChI is InChI=1S/C45H28N4S/c1-3-12-30(13-4-1)43-46-44(31-14-5-2-6-15-31)48-45(47-43)32-24-22-29(23-25-32)33-16-11-17-34(28-33)49-39-20-9-7-18-35(39)37-26-27-38-36-19-8-10-21-40(36)50-42(38)41(37)49/h1-28H/i7D,8D,9D,10D,18D,19D,20D,21D,26D,27D. The number of thiophene rings is 1. The first-order chi connectivity index (χ1) is 28.9. The maximum atomic E-state index is 9.29. The Labute approximate surface area is 306 Å². The SMILES string of the molecule is [2H]c1c([2H])c([2H])c2c(sc3c2c([2H])c([2H])c2c4c([2H])c([2H])c([2H])c([2H])c4n(-c4cccc(-c5ccc(-c6nc(-c7ccccc7)nc(-c7ccccc7)n6)cc5)c4)c32)c1[2H]. The second-order valence-corrected chi connectivity index (χ2v) is 12.7. The zero-order valence-electron chi connectivity index (χ0n) is 36.1. The molecule has 0 aliphatic rings. The summed E-state index contributed by atoms with van der Waals surface area (Å²) in [6.45, 7) is 0. The Balaban J connectivity index is 1.18. The largest absolute Gasteiger partial charge is 0.308 e. The summed E-state index contributed by atoms with van der Waals surface area (Å²) < 4.78 is 90.3. The second-order valence-electron chi connectivity index (χ2n) is 11.7. The number of rotatable bonds is 5. The van der Waals surface area contributed by atoms with Crippen LogP contribution in [0.15, 0.2) is 170 Å². The van der Waals surface area contributed by atoms with Crippen LogP contribution in [0.1, 0.15) is 13.7 Å². The van der Waals surface area contributed by atoms with E-state index in [1.165, 1.54) is 0 Å². The van der Waals surface area contributed by atoms with Crippen molar-refractivity contribution < 1.29 is 13.7 Å². The van der Waals surface area contributed by atoms with Gasteiger partial charge in [0.25, 0.3) is 0 Å². The van der Waals surface area contributed by atoms with E-state index in [-0.39, 0.29) is 68.0 Å². The molecular weight excluding hydrogens is 629 g/mol. The highest BCUT2D eigenvalue weighted by atomic mass is 32.1. The monoisotopic (exact) mass is 666 g/mol. The lowest BCUT2D eigenvalue weighted by molar-refractivity contribution is 1.07. The highest BCUT2D eigenvalue weighted by Gasteiger charge is 2.18. The molecule has 0 spiro atoms. The Morgan fingerprint density at radius 2 is 1.02 bits per heavy atom. The van der Waals surface area contributed by atoms with E-state index in [2.05, 4.69) is 0 Å². The van der Waals surface area contributed by atoms with Crippen LogP contribution in [0.2, 0.25) is 0 Å².